The number of hydrogen-bond acceptors (Lipinski definition) is 4. The summed E-state index contributed by atoms with van der Waals surface area (Å²) in [5.74, 6) is 0. The molecule has 0 bridgehead atoms. The van der Waals surface area contributed by atoms with Gasteiger partial charge in [0.05, 0.1) is 0 Å². The van der Waals surface area contributed by atoms with Crippen molar-refractivity contribution in [2.45, 2.75) is 0 Å². The van der Waals surface area contributed by atoms with Gasteiger partial charge in [-0.15, -0.1) is 0 Å². The van der Waals surface area contributed by atoms with Gasteiger partial charge >= 0.3 is 0 Å². The Labute approximate surface area is 151 Å². The molecule has 0 saturated carbocycles. The number of piperazine rings is 1. The fourth-order valence-corrected chi connectivity index (χ4v) is 5.87. The molecule has 0 unspecified atom stereocenters. The molecule has 0 aliphatic carbocycles. The summed E-state index contributed by atoms with van der Waals surface area (Å²) in [6.45, 7) is 7.18. The standard InChI is InChI=1S/C20H28N3OP/c24-25(19-7-3-1-4-8-19,20-9-5-2-6-10-20)18-14-22-13-17-23-15-11-21-12-16-23/h1-10,21-22H,11-18H2. The van der Waals surface area contributed by atoms with Crippen molar-refractivity contribution in [2.75, 3.05) is 52.0 Å². The normalized spacial score (nSPS) is 16.0. The van der Waals surface area contributed by atoms with Gasteiger partial charge in [0.15, 0.2) is 0 Å². The summed E-state index contributed by atoms with van der Waals surface area (Å²) < 4.78 is 13.8. The molecule has 0 atom stereocenters. The smallest absolute Gasteiger partial charge is 0.144 e. The maximum atomic E-state index is 13.8. The summed E-state index contributed by atoms with van der Waals surface area (Å²) in [5.41, 5.74) is 0. The van der Waals surface area contributed by atoms with E-state index < -0.39 is 7.14 Å². The van der Waals surface area contributed by atoms with E-state index in [-0.39, 0.29) is 0 Å². The lowest BCUT2D eigenvalue weighted by molar-refractivity contribution is 0.242. The molecule has 1 fully saturated rings. The van der Waals surface area contributed by atoms with Crippen LogP contribution in [0.5, 0.6) is 0 Å². The Balaban J connectivity index is 1.58. The van der Waals surface area contributed by atoms with E-state index >= 15 is 0 Å². The molecular formula is C20H28N3OP. The van der Waals surface area contributed by atoms with Crippen molar-refractivity contribution in [1.29, 1.82) is 0 Å². The van der Waals surface area contributed by atoms with Gasteiger partial charge < -0.3 is 15.2 Å². The molecule has 0 amide bonds. The van der Waals surface area contributed by atoms with Crippen molar-refractivity contribution in [3.8, 4) is 0 Å². The largest absolute Gasteiger partial charge is 0.315 e. The van der Waals surface area contributed by atoms with E-state index in [4.69, 9.17) is 0 Å². The molecule has 1 saturated heterocycles. The monoisotopic (exact) mass is 357 g/mol. The average molecular weight is 357 g/mol. The zero-order valence-electron chi connectivity index (χ0n) is 14.7. The highest BCUT2D eigenvalue weighted by Gasteiger charge is 2.26. The second-order valence-corrected chi connectivity index (χ2v) is 9.44. The molecule has 0 radical (unpaired) electrons. The minimum Gasteiger partial charge on any atom is -0.315 e. The first-order chi connectivity index (χ1) is 12.3. The minimum atomic E-state index is -2.58. The van der Waals surface area contributed by atoms with Gasteiger partial charge in [0, 0.05) is 62.6 Å². The highest BCUT2D eigenvalue weighted by Crippen LogP contribution is 2.42. The maximum Gasteiger partial charge on any atom is 0.144 e. The first kappa shape index (κ1) is 18.3. The van der Waals surface area contributed by atoms with E-state index in [1.165, 1.54) is 0 Å². The quantitative estimate of drug-likeness (QED) is 0.555. The second-order valence-electron chi connectivity index (χ2n) is 6.48. The van der Waals surface area contributed by atoms with E-state index in [1.807, 2.05) is 60.7 Å². The van der Waals surface area contributed by atoms with Crippen LogP contribution in [-0.4, -0.2) is 56.9 Å². The van der Waals surface area contributed by atoms with Gasteiger partial charge in [0.25, 0.3) is 0 Å². The van der Waals surface area contributed by atoms with E-state index in [9.17, 15) is 4.57 Å². The van der Waals surface area contributed by atoms with Crippen LogP contribution in [0.2, 0.25) is 0 Å². The van der Waals surface area contributed by atoms with Gasteiger partial charge in [-0.3, -0.25) is 4.90 Å². The van der Waals surface area contributed by atoms with Gasteiger partial charge in [0.1, 0.15) is 7.14 Å². The van der Waals surface area contributed by atoms with Gasteiger partial charge in [-0.25, -0.2) is 0 Å². The van der Waals surface area contributed by atoms with Crippen molar-refractivity contribution in [1.82, 2.24) is 15.5 Å². The fraction of sp³-hybridized carbons (Fsp3) is 0.400. The van der Waals surface area contributed by atoms with Crippen LogP contribution in [0, 0.1) is 0 Å². The topological polar surface area (TPSA) is 44.4 Å². The van der Waals surface area contributed by atoms with Crippen molar-refractivity contribution >= 4 is 17.8 Å². The van der Waals surface area contributed by atoms with E-state index in [0.29, 0.717) is 6.16 Å². The van der Waals surface area contributed by atoms with Crippen LogP contribution in [-0.2, 0) is 4.57 Å². The summed E-state index contributed by atoms with van der Waals surface area (Å²) in [6, 6.07) is 19.8. The van der Waals surface area contributed by atoms with E-state index in [0.717, 1.165) is 56.4 Å². The van der Waals surface area contributed by atoms with Crippen LogP contribution in [0.4, 0.5) is 0 Å². The molecule has 2 N–H and O–H groups in total. The molecule has 1 aliphatic rings. The Bertz CT molecular complexity index is 628. The summed E-state index contributed by atoms with van der Waals surface area (Å²) in [4.78, 5) is 2.47. The number of hydrogen-bond donors (Lipinski definition) is 2. The van der Waals surface area contributed by atoms with E-state index in [2.05, 4.69) is 15.5 Å². The lowest BCUT2D eigenvalue weighted by atomic mass is 10.3. The maximum absolute atomic E-state index is 13.8. The van der Waals surface area contributed by atoms with Gasteiger partial charge in [-0.05, 0) is 0 Å². The van der Waals surface area contributed by atoms with Crippen LogP contribution in [0.1, 0.15) is 0 Å². The van der Waals surface area contributed by atoms with Crippen LogP contribution in [0.3, 0.4) is 0 Å². The SMILES string of the molecule is O=P(CCNCCN1CCNCC1)(c1ccccc1)c1ccccc1. The Morgan fingerprint density at radius 3 is 2.00 bits per heavy atom. The van der Waals surface area contributed by atoms with Gasteiger partial charge in [-0.2, -0.15) is 0 Å². The molecule has 3 rings (SSSR count). The Kier molecular flexibility index (Phi) is 6.83. The van der Waals surface area contributed by atoms with Crippen LogP contribution in [0.25, 0.3) is 0 Å². The van der Waals surface area contributed by atoms with Gasteiger partial charge in [-0.1, -0.05) is 60.7 Å². The number of nitrogens with zero attached hydrogens (tertiary/aromatic N) is 1. The zero-order chi connectivity index (χ0) is 17.4. The highest BCUT2D eigenvalue weighted by molar-refractivity contribution is 7.78. The molecule has 0 aromatic heterocycles. The summed E-state index contributed by atoms with van der Waals surface area (Å²) >= 11 is 0. The average Bonchev–Trinajstić information content (AvgIpc) is 2.70. The molecule has 0 spiro atoms. The van der Waals surface area contributed by atoms with Crippen LogP contribution < -0.4 is 21.2 Å². The third kappa shape index (κ3) is 5.02. The third-order valence-electron chi connectivity index (χ3n) is 4.76. The lowest BCUT2D eigenvalue weighted by Crippen LogP contribution is -2.46. The van der Waals surface area contributed by atoms with Crippen molar-refractivity contribution in [3.63, 3.8) is 0 Å². The Hall–Kier alpha value is -1.45. The molecule has 1 heterocycles. The first-order valence-electron chi connectivity index (χ1n) is 9.13. The summed E-state index contributed by atoms with van der Waals surface area (Å²) in [5, 5.41) is 8.77. The lowest BCUT2D eigenvalue weighted by Gasteiger charge is -2.27. The molecule has 1 aliphatic heterocycles. The Morgan fingerprint density at radius 1 is 0.880 bits per heavy atom. The molecule has 2 aromatic carbocycles. The molecular weight excluding hydrogens is 329 g/mol. The van der Waals surface area contributed by atoms with Crippen LogP contribution >= 0.6 is 7.14 Å². The molecule has 5 heteroatoms. The Morgan fingerprint density at radius 2 is 1.44 bits per heavy atom. The third-order valence-corrected chi connectivity index (χ3v) is 7.88. The zero-order valence-corrected chi connectivity index (χ0v) is 15.6. The predicted octanol–water partition coefficient (Wildman–Crippen LogP) is 1.50. The summed E-state index contributed by atoms with van der Waals surface area (Å²) in [7, 11) is -2.58. The van der Waals surface area contributed by atoms with Crippen molar-refractivity contribution < 1.29 is 4.57 Å². The molecule has 4 nitrogen and oxygen atoms in total. The van der Waals surface area contributed by atoms with Crippen molar-refractivity contribution in [2.24, 2.45) is 0 Å². The fourth-order valence-electron chi connectivity index (χ4n) is 3.28. The molecule has 2 aromatic rings. The number of benzene rings is 2. The highest BCUT2D eigenvalue weighted by atomic mass is 31.2. The predicted molar refractivity (Wildman–Crippen MR) is 107 cm³/mol. The second kappa shape index (κ2) is 9.30. The minimum absolute atomic E-state index is 0.655. The first-order valence-corrected chi connectivity index (χ1v) is 11.0. The molecule has 25 heavy (non-hydrogen) atoms. The van der Waals surface area contributed by atoms with Crippen molar-refractivity contribution in [3.05, 3.63) is 60.7 Å². The van der Waals surface area contributed by atoms with E-state index in [1.54, 1.807) is 0 Å². The molecule has 134 valence electrons. The van der Waals surface area contributed by atoms with Crippen LogP contribution in [0.15, 0.2) is 60.7 Å². The summed E-state index contributed by atoms with van der Waals surface area (Å²) in [6.07, 6.45) is 0.655. The number of nitrogens with one attached hydrogen (secondary N) is 2. The number of rotatable bonds is 8. The van der Waals surface area contributed by atoms with Gasteiger partial charge in [0.2, 0.25) is 0 Å².